The summed E-state index contributed by atoms with van der Waals surface area (Å²) >= 11 is 0. The van der Waals surface area contributed by atoms with Crippen molar-refractivity contribution in [2.45, 2.75) is 38.5 Å². The van der Waals surface area contributed by atoms with Gasteiger partial charge in [-0.3, -0.25) is 9.59 Å². The fourth-order valence-corrected chi connectivity index (χ4v) is 2.65. The molecule has 0 saturated heterocycles. The van der Waals surface area contributed by atoms with Gasteiger partial charge >= 0.3 is 0 Å². The zero-order valence-electron chi connectivity index (χ0n) is 12.9. The van der Waals surface area contributed by atoms with E-state index in [-0.39, 0.29) is 11.6 Å². The molecule has 0 heterocycles. The topological polar surface area (TPSA) is 72.2 Å². The summed E-state index contributed by atoms with van der Waals surface area (Å²) in [7, 11) is 0. The Morgan fingerprint density at radius 3 is 2.23 bits per heavy atom. The maximum Gasteiger partial charge on any atom is 0.209 e. The van der Waals surface area contributed by atoms with Crippen molar-refractivity contribution in [2.24, 2.45) is 5.73 Å². The van der Waals surface area contributed by atoms with E-state index in [0.717, 1.165) is 32.4 Å². The molecule has 0 saturated carbocycles. The van der Waals surface area contributed by atoms with E-state index in [1.165, 1.54) is 25.3 Å². The third-order valence-corrected chi connectivity index (χ3v) is 3.90. The van der Waals surface area contributed by atoms with E-state index < -0.39 is 0 Å². The van der Waals surface area contributed by atoms with Gasteiger partial charge in [0.15, 0.2) is 5.78 Å². The Hall–Kier alpha value is -1.94. The van der Waals surface area contributed by atoms with Crippen molar-refractivity contribution in [3.63, 3.8) is 0 Å². The summed E-state index contributed by atoms with van der Waals surface area (Å²) in [6.45, 7) is 1.50. The maximum atomic E-state index is 12.3. The zero-order chi connectivity index (χ0) is 15.8. The number of hydrogen-bond donors (Lipinski definition) is 2. The lowest BCUT2D eigenvalue weighted by Gasteiger charge is -2.16. The van der Waals surface area contributed by atoms with Crippen LogP contribution in [0.2, 0.25) is 0 Å². The molecule has 1 aromatic carbocycles. The first-order chi connectivity index (χ1) is 10.7. The van der Waals surface area contributed by atoms with E-state index in [4.69, 9.17) is 5.73 Å². The second kappa shape index (κ2) is 8.49. The first-order valence-corrected chi connectivity index (χ1v) is 8.07. The van der Waals surface area contributed by atoms with Crippen molar-refractivity contribution in [1.82, 2.24) is 5.32 Å². The summed E-state index contributed by atoms with van der Waals surface area (Å²) in [6, 6.07) is 6.97. The molecule has 2 rings (SSSR count). The van der Waals surface area contributed by atoms with E-state index in [2.05, 4.69) is 5.32 Å². The summed E-state index contributed by atoms with van der Waals surface area (Å²) in [6.07, 6.45) is 8.25. The van der Waals surface area contributed by atoms with E-state index in [0.29, 0.717) is 16.8 Å². The smallest absolute Gasteiger partial charge is 0.209 e. The molecule has 0 amide bonds. The van der Waals surface area contributed by atoms with Gasteiger partial charge in [-0.2, -0.15) is 0 Å². The number of rotatable bonds is 9. The van der Waals surface area contributed by atoms with Gasteiger partial charge in [-0.25, -0.2) is 0 Å². The number of ketones is 2. The number of hydrogen-bond acceptors (Lipinski definition) is 4. The maximum absolute atomic E-state index is 12.3. The minimum atomic E-state index is -0.0977. The van der Waals surface area contributed by atoms with Crippen LogP contribution in [0.25, 0.3) is 0 Å². The number of allylic oxidation sites excluding steroid dienone is 2. The second-order valence-corrected chi connectivity index (χ2v) is 5.63. The molecule has 0 fully saturated rings. The first kappa shape index (κ1) is 16.4. The average molecular weight is 300 g/mol. The normalized spacial score (nSPS) is 13.8. The van der Waals surface area contributed by atoms with Crippen molar-refractivity contribution >= 4 is 11.6 Å². The molecule has 0 aliphatic heterocycles. The van der Waals surface area contributed by atoms with Crippen LogP contribution in [0.15, 0.2) is 36.0 Å². The highest BCUT2D eigenvalue weighted by Gasteiger charge is 2.24. The number of carbonyl (C=O) groups is 2. The van der Waals surface area contributed by atoms with E-state index in [1.807, 2.05) is 0 Å². The summed E-state index contributed by atoms with van der Waals surface area (Å²) in [5.41, 5.74) is 6.88. The number of nitrogens with two attached hydrogens (primary N) is 1. The van der Waals surface area contributed by atoms with Crippen LogP contribution in [-0.4, -0.2) is 24.7 Å². The van der Waals surface area contributed by atoms with Crippen molar-refractivity contribution in [3.8, 4) is 0 Å². The largest absolute Gasteiger partial charge is 0.382 e. The third-order valence-electron chi connectivity index (χ3n) is 3.90. The van der Waals surface area contributed by atoms with Crippen LogP contribution in [0.5, 0.6) is 0 Å². The molecule has 0 bridgehead atoms. The molecular weight excluding hydrogens is 276 g/mol. The Kier molecular flexibility index (Phi) is 6.34. The fraction of sp³-hybridized carbons (Fsp3) is 0.444. The van der Waals surface area contributed by atoms with Crippen LogP contribution in [0.1, 0.15) is 59.2 Å². The molecular formula is C18H24N2O2. The van der Waals surface area contributed by atoms with Crippen molar-refractivity contribution in [2.75, 3.05) is 13.1 Å². The minimum Gasteiger partial charge on any atom is -0.382 e. The Morgan fingerprint density at radius 2 is 1.50 bits per heavy atom. The summed E-state index contributed by atoms with van der Waals surface area (Å²) in [5.74, 6) is -0.183. The van der Waals surface area contributed by atoms with Crippen LogP contribution >= 0.6 is 0 Å². The Bertz CT molecular complexity index is 564. The lowest BCUT2D eigenvalue weighted by Crippen LogP contribution is -2.27. The molecule has 0 aromatic heterocycles. The van der Waals surface area contributed by atoms with Gasteiger partial charge in [0.2, 0.25) is 5.78 Å². The molecule has 4 heteroatoms. The Balaban J connectivity index is 1.75. The van der Waals surface area contributed by atoms with E-state index in [1.54, 1.807) is 24.3 Å². The van der Waals surface area contributed by atoms with E-state index in [9.17, 15) is 9.59 Å². The van der Waals surface area contributed by atoms with Crippen LogP contribution in [0.3, 0.4) is 0 Å². The number of unbranched alkanes of at least 4 members (excludes halogenated alkanes) is 5. The number of Topliss-reactive ketones (excluding diaryl/α,β-unsaturated/α-hetero) is 1. The monoisotopic (exact) mass is 300 g/mol. The molecule has 0 unspecified atom stereocenters. The van der Waals surface area contributed by atoms with Gasteiger partial charge in [-0.05, 0) is 19.4 Å². The molecule has 0 spiro atoms. The molecule has 3 N–H and O–H groups in total. The average Bonchev–Trinajstić information content (AvgIpc) is 2.54. The number of benzene rings is 1. The van der Waals surface area contributed by atoms with Crippen molar-refractivity contribution < 1.29 is 9.59 Å². The van der Waals surface area contributed by atoms with Gasteiger partial charge in [-0.15, -0.1) is 0 Å². The quantitative estimate of drug-likeness (QED) is 0.688. The highest BCUT2D eigenvalue weighted by molar-refractivity contribution is 6.24. The van der Waals surface area contributed by atoms with Gasteiger partial charge in [0, 0.05) is 23.7 Å². The highest BCUT2D eigenvalue weighted by atomic mass is 16.1. The van der Waals surface area contributed by atoms with Gasteiger partial charge in [-0.1, -0.05) is 49.9 Å². The van der Waals surface area contributed by atoms with Crippen LogP contribution < -0.4 is 11.1 Å². The number of fused-ring (bicyclic) bond motifs is 1. The zero-order valence-corrected chi connectivity index (χ0v) is 12.9. The molecule has 0 radical (unpaired) electrons. The van der Waals surface area contributed by atoms with Crippen LogP contribution in [-0.2, 0) is 0 Å². The van der Waals surface area contributed by atoms with Crippen molar-refractivity contribution in [3.05, 3.63) is 47.2 Å². The third kappa shape index (κ3) is 4.28. The molecule has 4 nitrogen and oxygen atoms in total. The number of nitrogens with one attached hydrogen (secondary N) is 1. The van der Waals surface area contributed by atoms with Gasteiger partial charge in [0.05, 0.1) is 5.70 Å². The first-order valence-electron chi connectivity index (χ1n) is 8.07. The predicted molar refractivity (Wildman–Crippen MR) is 87.9 cm³/mol. The fourth-order valence-electron chi connectivity index (χ4n) is 2.65. The molecule has 22 heavy (non-hydrogen) atoms. The predicted octanol–water partition coefficient (Wildman–Crippen LogP) is 2.84. The molecule has 1 aromatic rings. The SMILES string of the molecule is NCCCCCCCCNC1=CC(=O)c2ccccc2C1=O. The molecule has 1 aliphatic carbocycles. The Labute approximate surface area is 131 Å². The highest BCUT2D eigenvalue weighted by Crippen LogP contribution is 2.19. The summed E-state index contributed by atoms with van der Waals surface area (Å²) < 4.78 is 0. The summed E-state index contributed by atoms with van der Waals surface area (Å²) in [5, 5.41) is 3.12. The van der Waals surface area contributed by atoms with Gasteiger partial charge < -0.3 is 11.1 Å². The molecule has 0 atom stereocenters. The molecule has 1 aliphatic rings. The van der Waals surface area contributed by atoms with E-state index >= 15 is 0 Å². The number of carbonyl (C=O) groups excluding carboxylic acids is 2. The standard InChI is InChI=1S/C18H24N2O2/c19-11-7-3-1-2-4-8-12-20-16-13-17(21)14-9-5-6-10-15(14)18(16)22/h5-6,9-10,13,20H,1-4,7-8,11-12,19H2. The minimum absolute atomic E-state index is 0.0851. The second-order valence-electron chi connectivity index (χ2n) is 5.63. The molecule has 118 valence electrons. The Morgan fingerprint density at radius 1 is 0.864 bits per heavy atom. The van der Waals surface area contributed by atoms with Crippen molar-refractivity contribution in [1.29, 1.82) is 0 Å². The van der Waals surface area contributed by atoms with Crippen LogP contribution in [0.4, 0.5) is 0 Å². The van der Waals surface area contributed by atoms with Gasteiger partial charge in [0.1, 0.15) is 0 Å². The van der Waals surface area contributed by atoms with Gasteiger partial charge in [0.25, 0.3) is 0 Å². The summed E-state index contributed by atoms with van der Waals surface area (Å²) in [4.78, 5) is 24.3. The van der Waals surface area contributed by atoms with Crippen LogP contribution in [0, 0.1) is 0 Å². The lowest BCUT2D eigenvalue weighted by atomic mass is 9.93. The lowest BCUT2D eigenvalue weighted by molar-refractivity contribution is 0.0978.